The summed E-state index contributed by atoms with van der Waals surface area (Å²) in [5.41, 5.74) is 3.52. The summed E-state index contributed by atoms with van der Waals surface area (Å²) in [6.07, 6.45) is 5.31. The van der Waals surface area contributed by atoms with Crippen LogP contribution in [0.4, 0.5) is 10.1 Å². The summed E-state index contributed by atoms with van der Waals surface area (Å²) >= 11 is 0. The van der Waals surface area contributed by atoms with Crippen molar-refractivity contribution >= 4 is 33.3 Å². The van der Waals surface area contributed by atoms with Crippen LogP contribution in [0.15, 0.2) is 115 Å². The molecule has 5 rings (SSSR count). The lowest BCUT2D eigenvalue weighted by Gasteiger charge is -2.34. The van der Waals surface area contributed by atoms with Gasteiger partial charge in [-0.1, -0.05) is 91.0 Å². The third-order valence-corrected chi connectivity index (χ3v) is 7.11. The Kier molecular flexibility index (Phi) is 6.63. The number of benzene rings is 5. The summed E-state index contributed by atoms with van der Waals surface area (Å²) < 4.78 is 13.7. The molecule has 0 radical (unpaired) electrons. The van der Waals surface area contributed by atoms with E-state index in [4.69, 9.17) is 0 Å². The smallest absolute Gasteiger partial charge is 0.123 e. The van der Waals surface area contributed by atoms with Crippen LogP contribution in [-0.2, 0) is 0 Å². The Bertz CT molecular complexity index is 1470. The van der Waals surface area contributed by atoms with Gasteiger partial charge in [-0.15, -0.1) is 0 Å². The minimum atomic E-state index is -0.199. The van der Waals surface area contributed by atoms with E-state index >= 15 is 0 Å². The molecule has 0 aliphatic carbocycles. The van der Waals surface area contributed by atoms with Crippen LogP contribution in [0.25, 0.3) is 27.6 Å². The molecule has 0 aliphatic rings. The molecule has 2 unspecified atom stereocenters. The molecule has 2 heteroatoms. The summed E-state index contributed by atoms with van der Waals surface area (Å²) in [6.45, 7) is 2.26. The first-order valence-corrected chi connectivity index (χ1v) is 12.2. The highest BCUT2D eigenvalue weighted by Gasteiger charge is 2.22. The number of anilines is 1. The molecule has 0 aromatic heterocycles. The van der Waals surface area contributed by atoms with E-state index in [-0.39, 0.29) is 17.8 Å². The van der Waals surface area contributed by atoms with Crippen LogP contribution >= 0.6 is 0 Å². The van der Waals surface area contributed by atoms with Crippen LogP contribution in [-0.4, -0.2) is 13.1 Å². The van der Waals surface area contributed by atoms with Crippen LogP contribution < -0.4 is 4.90 Å². The van der Waals surface area contributed by atoms with Gasteiger partial charge in [0.25, 0.3) is 0 Å². The highest BCUT2D eigenvalue weighted by Crippen LogP contribution is 2.32. The average molecular weight is 460 g/mol. The van der Waals surface area contributed by atoms with Gasteiger partial charge in [-0.05, 0) is 76.3 Å². The maximum Gasteiger partial charge on any atom is 0.123 e. The lowest BCUT2D eigenvalue weighted by atomic mass is 9.88. The first kappa shape index (κ1) is 22.9. The minimum Gasteiger partial charge on any atom is -0.371 e. The molecule has 0 bridgehead atoms. The predicted molar refractivity (Wildman–Crippen MR) is 149 cm³/mol. The van der Waals surface area contributed by atoms with Crippen LogP contribution in [0.1, 0.15) is 30.4 Å². The van der Waals surface area contributed by atoms with Crippen molar-refractivity contribution in [2.45, 2.75) is 25.3 Å². The molecular formula is C33H30FN. The van der Waals surface area contributed by atoms with Crippen molar-refractivity contribution in [3.63, 3.8) is 0 Å². The Labute approximate surface area is 207 Å². The van der Waals surface area contributed by atoms with Crippen LogP contribution in [0.5, 0.6) is 0 Å². The number of nitrogens with zero attached hydrogens (tertiary/aromatic N) is 1. The molecule has 35 heavy (non-hydrogen) atoms. The van der Waals surface area contributed by atoms with Crippen molar-refractivity contribution in [1.82, 2.24) is 0 Å². The van der Waals surface area contributed by atoms with E-state index in [9.17, 15) is 4.39 Å². The van der Waals surface area contributed by atoms with Crippen molar-refractivity contribution in [2.24, 2.45) is 0 Å². The summed E-state index contributed by atoms with van der Waals surface area (Å²) in [6, 6.07) is 37.2. The van der Waals surface area contributed by atoms with Crippen molar-refractivity contribution in [2.75, 3.05) is 11.9 Å². The van der Waals surface area contributed by atoms with E-state index in [2.05, 4.69) is 116 Å². The number of fused-ring (bicyclic) bond motifs is 2. The molecule has 0 amide bonds. The highest BCUT2D eigenvalue weighted by atomic mass is 19.1. The maximum absolute atomic E-state index is 13.7. The van der Waals surface area contributed by atoms with Gasteiger partial charge in [0.1, 0.15) is 5.82 Å². The van der Waals surface area contributed by atoms with E-state index in [1.54, 1.807) is 12.1 Å². The summed E-state index contributed by atoms with van der Waals surface area (Å²) in [5, 5.41) is 4.97. The first-order valence-electron chi connectivity index (χ1n) is 12.2. The quantitative estimate of drug-likeness (QED) is 0.235. The van der Waals surface area contributed by atoms with Crippen LogP contribution in [0.2, 0.25) is 0 Å². The lowest BCUT2D eigenvalue weighted by Crippen LogP contribution is -2.34. The minimum absolute atomic E-state index is 0.199. The summed E-state index contributed by atoms with van der Waals surface area (Å²) in [5.74, 6) is 0.0125. The Morgan fingerprint density at radius 2 is 1.31 bits per heavy atom. The van der Waals surface area contributed by atoms with Gasteiger partial charge in [-0.25, -0.2) is 4.39 Å². The number of hydrogen-bond donors (Lipinski definition) is 0. The van der Waals surface area contributed by atoms with Crippen molar-refractivity contribution in [3.8, 4) is 0 Å². The largest absolute Gasteiger partial charge is 0.371 e. The van der Waals surface area contributed by atoms with Crippen LogP contribution in [0.3, 0.4) is 0 Å². The van der Waals surface area contributed by atoms with Gasteiger partial charge in [0.15, 0.2) is 0 Å². The number of hydrogen-bond acceptors (Lipinski definition) is 1. The van der Waals surface area contributed by atoms with Gasteiger partial charge in [-0.3, -0.25) is 0 Å². The van der Waals surface area contributed by atoms with E-state index < -0.39 is 0 Å². The fourth-order valence-corrected chi connectivity index (χ4v) is 4.88. The molecular weight excluding hydrogens is 429 g/mol. The van der Waals surface area contributed by atoms with Crippen molar-refractivity contribution in [1.29, 1.82) is 0 Å². The van der Waals surface area contributed by atoms with Gasteiger partial charge < -0.3 is 4.90 Å². The van der Waals surface area contributed by atoms with E-state index in [1.807, 2.05) is 12.1 Å². The second-order valence-corrected chi connectivity index (χ2v) is 9.29. The van der Waals surface area contributed by atoms with Crippen molar-refractivity contribution < 1.29 is 4.39 Å². The Balaban J connectivity index is 1.41. The fourth-order valence-electron chi connectivity index (χ4n) is 4.88. The third kappa shape index (κ3) is 5.12. The number of likely N-dealkylation sites (N-methyl/N-ethyl adjacent to an activating group) is 1. The predicted octanol–water partition coefficient (Wildman–Crippen LogP) is 8.84. The van der Waals surface area contributed by atoms with Gasteiger partial charge in [0.05, 0.1) is 0 Å². The molecule has 174 valence electrons. The average Bonchev–Trinajstić information content (AvgIpc) is 2.90. The highest BCUT2D eigenvalue weighted by molar-refractivity contribution is 5.86. The third-order valence-electron chi connectivity index (χ3n) is 7.11. The molecule has 0 fully saturated rings. The fraction of sp³-hybridized carbons (Fsp3) is 0.152. The molecule has 0 spiro atoms. The zero-order chi connectivity index (χ0) is 24.2. The summed E-state index contributed by atoms with van der Waals surface area (Å²) in [4.78, 5) is 2.34. The zero-order valence-corrected chi connectivity index (χ0v) is 20.2. The van der Waals surface area contributed by atoms with Gasteiger partial charge in [0.2, 0.25) is 0 Å². The van der Waals surface area contributed by atoms with E-state index in [0.29, 0.717) is 0 Å². The number of rotatable bonds is 7. The molecule has 0 heterocycles. The normalized spacial score (nSPS) is 13.3. The maximum atomic E-state index is 13.7. The molecule has 1 nitrogen and oxygen atoms in total. The summed E-state index contributed by atoms with van der Waals surface area (Å²) in [7, 11) is 2.15. The SMILES string of the molecule is CC(C(C/C=C/c1ccc2ccccc2c1)c1ccc(F)cc1)N(C)c1ccc2ccccc2c1. The van der Waals surface area contributed by atoms with Gasteiger partial charge >= 0.3 is 0 Å². The molecule has 5 aromatic rings. The van der Waals surface area contributed by atoms with E-state index in [1.165, 1.54) is 32.8 Å². The van der Waals surface area contributed by atoms with Crippen LogP contribution in [0, 0.1) is 5.82 Å². The zero-order valence-electron chi connectivity index (χ0n) is 20.2. The second-order valence-electron chi connectivity index (χ2n) is 9.29. The topological polar surface area (TPSA) is 3.24 Å². The molecule has 5 aromatic carbocycles. The lowest BCUT2D eigenvalue weighted by molar-refractivity contribution is 0.546. The van der Waals surface area contributed by atoms with Gasteiger partial charge in [0, 0.05) is 24.7 Å². The second kappa shape index (κ2) is 10.1. The molecule has 0 saturated heterocycles. The van der Waals surface area contributed by atoms with Gasteiger partial charge in [-0.2, -0.15) is 0 Å². The van der Waals surface area contributed by atoms with Crippen molar-refractivity contribution in [3.05, 3.63) is 132 Å². The molecule has 0 saturated carbocycles. The first-order chi connectivity index (χ1) is 17.1. The molecule has 0 N–H and O–H groups in total. The molecule has 0 aliphatic heterocycles. The number of allylic oxidation sites excluding steroid dienone is 1. The van der Waals surface area contributed by atoms with E-state index in [0.717, 1.165) is 12.0 Å². The Hall–Kier alpha value is -3.91. The standard InChI is InChI=1S/C33H30FN/c1-24(35(2)32-21-18-27-10-4-6-12-30(27)23-32)33(28-16-19-31(34)20-17-28)13-7-8-25-14-15-26-9-3-5-11-29(26)22-25/h3-12,14-24,33H,13H2,1-2H3/b8-7+. The Morgan fingerprint density at radius 3 is 2.00 bits per heavy atom. The molecule has 2 atom stereocenters. The number of halogens is 1. The Morgan fingerprint density at radius 1 is 0.714 bits per heavy atom. The monoisotopic (exact) mass is 459 g/mol.